The fourth-order valence-electron chi connectivity index (χ4n) is 1.85. The smallest absolute Gasteiger partial charge is 0.289 e. The molecule has 1 aromatic heterocycles. The Hall–Kier alpha value is -2.17. The van der Waals surface area contributed by atoms with E-state index in [1.807, 2.05) is 0 Å². The van der Waals surface area contributed by atoms with Gasteiger partial charge in [-0.25, -0.2) is 0 Å². The van der Waals surface area contributed by atoms with Crippen molar-refractivity contribution < 1.29 is 18.0 Å². The van der Waals surface area contributed by atoms with Crippen molar-refractivity contribution in [1.29, 1.82) is 0 Å². The first-order chi connectivity index (χ1) is 8.91. The highest BCUT2D eigenvalue weighted by molar-refractivity contribution is 6.10. The van der Waals surface area contributed by atoms with E-state index < -0.39 is 17.5 Å². The summed E-state index contributed by atoms with van der Waals surface area (Å²) in [5.41, 5.74) is -0.720. The lowest BCUT2D eigenvalue weighted by Crippen LogP contribution is -2.15. The van der Waals surface area contributed by atoms with Crippen LogP contribution in [0.2, 0.25) is 0 Å². The maximum absolute atomic E-state index is 12.9. The Bertz CT molecular complexity index is 606. The van der Waals surface area contributed by atoms with Crippen molar-refractivity contribution in [2.24, 2.45) is 0 Å². The summed E-state index contributed by atoms with van der Waals surface area (Å²) in [6, 6.07) is 6.50. The zero-order valence-electron chi connectivity index (χ0n) is 10.0. The summed E-state index contributed by atoms with van der Waals surface area (Å²) in [4.78, 5) is 15.9. The van der Waals surface area contributed by atoms with Crippen LogP contribution in [-0.2, 0) is 6.18 Å². The van der Waals surface area contributed by atoms with Crippen LogP contribution in [0.15, 0.2) is 42.7 Å². The molecule has 0 bridgehead atoms. The van der Waals surface area contributed by atoms with Gasteiger partial charge in [0.15, 0.2) is 5.78 Å². The summed E-state index contributed by atoms with van der Waals surface area (Å²) in [5.74, 6) is -0.646. The Labute approximate surface area is 107 Å². The molecule has 5 heteroatoms. The number of alkyl halides is 3. The van der Waals surface area contributed by atoms with E-state index in [0.29, 0.717) is 5.56 Å². The molecule has 0 radical (unpaired) electrons. The molecule has 0 spiro atoms. The van der Waals surface area contributed by atoms with E-state index >= 15 is 0 Å². The molecular weight excluding hydrogens is 255 g/mol. The van der Waals surface area contributed by atoms with Gasteiger partial charge in [0.1, 0.15) is 0 Å². The number of hydrogen-bond acceptors (Lipinski definition) is 2. The number of aryl methyl sites for hydroxylation is 1. The molecule has 0 aliphatic heterocycles. The van der Waals surface area contributed by atoms with Crippen LogP contribution in [0.25, 0.3) is 0 Å². The Kier molecular flexibility index (Phi) is 3.38. The number of halogens is 3. The van der Waals surface area contributed by atoms with Crippen LogP contribution >= 0.6 is 0 Å². The fourth-order valence-corrected chi connectivity index (χ4v) is 1.85. The van der Waals surface area contributed by atoms with Crippen LogP contribution in [0.5, 0.6) is 0 Å². The standard InChI is InChI=1S/C14H10F3NO/c1-9-3-2-4-11(14(15,16)17)12(9)13(19)10-5-7-18-8-6-10/h2-8H,1H3. The first-order valence-electron chi connectivity index (χ1n) is 5.53. The highest BCUT2D eigenvalue weighted by Gasteiger charge is 2.35. The van der Waals surface area contributed by atoms with Gasteiger partial charge in [-0.15, -0.1) is 0 Å². The average molecular weight is 265 g/mol. The van der Waals surface area contributed by atoms with Gasteiger partial charge in [0, 0.05) is 23.5 Å². The molecular formula is C14H10F3NO. The molecule has 0 fully saturated rings. The lowest BCUT2D eigenvalue weighted by molar-refractivity contribution is -0.137. The highest BCUT2D eigenvalue weighted by Crippen LogP contribution is 2.34. The summed E-state index contributed by atoms with van der Waals surface area (Å²) in [7, 11) is 0. The molecule has 98 valence electrons. The molecule has 2 rings (SSSR count). The van der Waals surface area contributed by atoms with Crippen molar-refractivity contribution >= 4 is 5.78 Å². The van der Waals surface area contributed by atoms with Gasteiger partial charge < -0.3 is 0 Å². The van der Waals surface area contributed by atoms with Crippen LogP contribution in [0.4, 0.5) is 13.2 Å². The monoisotopic (exact) mass is 265 g/mol. The number of aromatic nitrogens is 1. The van der Waals surface area contributed by atoms with Crippen molar-refractivity contribution in [2.45, 2.75) is 13.1 Å². The third-order valence-electron chi connectivity index (χ3n) is 2.75. The molecule has 19 heavy (non-hydrogen) atoms. The summed E-state index contributed by atoms with van der Waals surface area (Å²) < 4.78 is 38.8. The minimum Gasteiger partial charge on any atom is -0.289 e. The maximum atomic E-state index is 12.9. The van der Waals surface area contributed by atoms with E-state index in [4.69, 9.17) is 0 Å². The molecule has 0 aliphatic carbocycles. The van der Waals surface area contributed by atoms with Gasteiger partial charge in [-0.1, -0.05) is 12.1 Å². The van der Waals surface area contributed by atoms with Crippen LogP contribution < -0.4 is 0 Å². The van der Waals surface area contributed by atoms with Crippen molar-refractivity contribution in [3.63, 3.8) is 0 Å². The zero-order valence-corrected chi connectivity index (χ0v) is 10.0. The zero-order chi connectivity index (χ0) is 14.0. The van der Waals surface area contributed by atoms with Gasteiger partial charge >= 0.3 is 6.18 Å². The number of pyridine rings is 1. The first kappa shape index (κ1) is 13.3. The second kappa shape index (κ2) is 4.84. The van der Waals surface area contributed by atoms with E-state index in [9.17, 15) is 18.0 Å². The minimum atomic E-state index is -4.55. The Morgan fingerprint density at radius 2 is 1.74 bits per heavy atom. The molecule has 0 amide bonds. The molecule has 0 N–H and O–H groups in total. The van der Waals surface area contributed by atoms with Gasteiger partial charge in [-0.3, -0.25) is 9.78 Å². The van der Waals surface area contributed by atoms with Gasteiger partial charge in [0.2, 0.25) is 0 Å². The molecule has 2 nitrogen and oxygen atoms in total. The maximum Gasteiger partial charge on any atom is 0.417 e. The van der Waals surface area contributed by atoms with Gasteiger partial charge in [-0.2, -0.15) is 13.2 Å². The third kappa shape index (κ3) is 2.65. The van der Waals surface area contributed by atoms with Crippen molar-refractivity contribution in [3.05, 3.63) is 65.0 Å². The summed E-state index contributed by atoms with van der Waals surface area (Å²) in [6.45, 7) is 1.49. The van der Waals surface area contributed by atoms with Crippen LogP contribution in [0, 0.1) is 6.92 Å². The SMILES string of the molecule is Cc1cccc(C(F)(F)F)c1C(=O)c1ccncc1. The number of ketones is 1. The number of hydrogen-bond donors (Lipinski definition) is 0. The largest absolute Gasteiger partial charge is 0.417 e. The van der Waals surface area contributed by atoms with Gasteiger partial charge in [0.25, 0.3) is 0 Å². The van der Waals surface area contributed by atoms with E-state index in [1.165, 1.54) is 43.6 Å². The summed E-state index contributed by atoms with van der Waals surface area (Å²) >= 11 is 0. The van der Waals surface area contributed by atoms with Crippen molar-refractivity contribution in [3.8, 4) is 0 Å². The van der Waals surface area contributed by atoms with E-state index in [-0.39, 0.29) is 11.1 Å². The number of nitrogens with zero attached hydrogens (tertiary/aromatic N) is 1. The van der Waals surface area contributed by atoms with E-state index in [2.05, 4.69) is 4.98 Å². The van der Waals surface area contributed by atoms with Crippen LogP contribution in [-0.4, -0.2) is 10.8 Å². The predicted molar refractivity (Wildman–Crippen MR) is 63.9 cm³/mol. The van der Waals surface area contributed by atoms with Crippen LogP contribution in [0.1, 0.15) is 27.0 Å². The van der Waals surface area contributed by atoms with Crippen molar-refractivity contribution in [2.75, 3.05) is 0 Å². The molecule has 0 saturated heterocycles. The lowest BCUT2D eigenvalue weighted by Gasteiger charge is -2.14. The molecule has 2 aromatic rings. The van der Waals surface area contributed by atoms with Gasteiger partial charge in [0.05, 0.1) is 5.56 Å². The third-order valence-corrected chi connectivity index (χ3v) is 2.75. The van der Waals surface area contributed by atoms with E-state index in [0.717, 1.165) is 6.07 Å². The van der Waals surface area contributed by atoms with Gasteiger partial charge in [-0.05, 0) is 30.7 Å². The van der Waals surface area contributed by atoms with Crippen molar-refractivity contribution in [1.82, 2.24) is 4.98 Å². The molecule has 0 atom stereocenters. The Balaban J connectivity index is 2.60. The number of carbonyl (C=O) groups is 1. The number of carbonyl (C=O) groups excluding carboxylic acids is 1. The molecule has 0 aliphatic rings. The molecule has 0 unspecified atom stereocenters. The summed E-state index contributed by atoms with van der Waals surface area (Å²) in [6.07, 6.45) is -1.80. The fraction of sp³-hybridized carbons (Fsp3) is 0.143. The second-order valence-electron chi connectivity index (χ2n) is 4.06. The van der Waals surface area contributed by atoms with E-state index in [1.54, 1.807) is 0 Å². The molecule has 1 heterocycles. The highest BCUT2D eigenvalue weighted by atomic mass is 19.4. The summed E-state index contributed by atoms with van der Waals surface area (Å²) in [5, 5.41) is 0. The quantitative estimate of drug-likeness (QED) is 0.776. The second-order valence-corrected chi connectivity index (χ2v) is 4.06. The molecule has 0 saturated carbocycles. The number of benzene rings is 1. The predicted octanol–water partition coefficient (Wildman–Crippen LogP) is 3.64. The topological polar surface area (TPSA) is 30.0 Å². The Morgan fingerprint density at radius 1 is 1.11 bits per heavy atom. The number of rotatable bonds is 2. The minimum absolute atomic E-state index is 0.190. The van der Waals surface area contributed by atoms with Crippen LogP contribution in [0.3, 0.4) is 0 Å². The first-order valence-corrected chi connectivity index (χ1v) is 5.53. The average Bonchev–Trinajstić information content (AvgIpc) is 2.37. The normalized spacial score (nSPS) is 11.4. The lowest BCUT2D eigenvalue weighted by atomic mass is 9.94. The Morgan fingerprint density at radius 3 is 2.32 bits per heavy atom. The molecule has 1 aromatic carbocycles.